The number of carbonyl (C=O) groups excluding carboxylic acids is 1. The third-order valence-corrected chi connectivity index (χ3v) is 3.70. The van der Waals surface area contributed by atoms with E-state index in [9.17, 15) is 4.79 Å². The van der Waals surface area contributed by atoms with Gasteiger partial charge in [0.1, 0.15) is 0 Å². The van der Waals surface area contributed by atoms with Gasteiger partial charge in [-0.15, -0.1) is 0 Å². The molecule has 0 atom stereocenters. The molecule has 5 heteroatoms. The largest absolute Gasteiger partial charge is 0.332 e. The molecule has 0 N–H and O–H groups in total. The fourth-order valence-electron chi connectivity index (χ4n) is 2.44. The molecule has 3 aromatic rings. The molecular formula is C18H18N4O. The van der Waals surface area contributed by atoms with E-state index in [4.69, 9.17) is 0 Å². The molecule has 2 aromatic heterocycles. The summed E-state index contributed by atoms with van der Waals surface area (Å²) in [7, 11) is 0. The molecule has 0 radical (unpaired) electrons. The molecule has 5 nitrogen and oxygen atoms in total. The van der Waals surface area contributed by atoms with E-state index in [1.165, 1.54) is 0 Å². The Kier molecular flexibility index (Phi) is 4.28. The van der Waals surface area contributed by atoms with Crippen LogP contribution in [0.3, 0.4) is 0 Å². The quantitative estimate of drug-likeness (QED) is 0.743. The molecule has 0 aliphatic heterocycles. The van der Waals surface area contributed by atoms with Crippen LogP contribution in [0.15, 0.2) is 55.1 Å². The van der Waals surface area contributed by atoms with Crippen LogP contribution in [0, 0.1) is 0 Å². The van der Waals surface area contributed by atoms with Gasteiger partial charge in [0.2, 0.25) is 0 Å². The van der Waals surface area contributed by atoms with Gasteiger partial charge in [-0.05, 0) is 49.7 Å². The predicted octanol–water partition coefficient (Wildman–Crippen LogP) is 3.08. The normalized spacial score (nSPS) is 10.9. The van der Waals surface area contributed by atoms with Crippen molar-refractivity contribution in [1.82, 2.24) is 19.9 Å². The predicted molar refractivity (Wildman–Crippen MR) is 88.8 cm³/mol. The van der Waals surface area contributed by atoms with Crippen molar-refractivity contribution < 1.29 is 4.79 Å². The number of benzene rings is 1. The summed E-state index contributed by atoms with van der Waals surface area (Å²) in [6.07, 6.45) is 6.76. The van der Waals surface area contributed by atoms with Gasteiger partial charge in [-0.2, -0.15) is 0 Å². The Bertz CT molecular complexity index is 817. The maximum Gasteiger partial charge on any atom is 0.254 e. The van der Waals surface area contributed by atoms with E-state index in [-0.39, 0.29) is 11.9 Å². The van der Waals surface area contributed by atoms with Gasteiger partial charge in [0, 0.05) is 42.9 Å². The van der Waals surface area contributed by atoms with Crippen molar-refractivity contribution in [3.05, 3.63) is 66.2 Å². The number of nitrogens with zero attached hydrogens (tertiary/aromatic N) is 4. The van der Waals surface area contributed by atoms with E-state index in [0.29, 0.717) is 12.1 Å². The van der Waals surface area contributed by atoms with Crippen molar-refractivity contribution in [3.63, 3.8) is 0 Å². The Morgan fingerprint density at radius 3 is 2.39 bits per heavy atom. The van der Waals surface area contributed by atoms with Crippen LogP contribution in [-0.2, 0) is 6.54 Å². The molecule has 0 bridgehead atoms. The van der Waals surface area contributed by atoms with E-state index in [1.807, 2.05) is 36.9 Å². The van der Waals surface area contributed by atoms with Gasteiger partial charge in [-0.25, -0.2) is 0 Å². The zero-order valence-corrected chi connectivity index (χ0v) is 13.2. The van der Waals surface area contributed by atoms with E-state index < -0.39 is 0 Å². The fourth-order valence-corrected chi connectivity index (χ4v) is 2.44. The minimum Gasteiger partial charge on any atom is -0.332 e. The van der Waals surface area contributed by atoms with Gasteiger partial charge in [0.05, 0.1) is 11.0 Å². The monoisotopic (exact) mass is 306 g/mol. The maximum absolute atomic E-state index is 12.9. The lowest BCUT2D eigenvalue weighted by Crippen LogP contribution is -2.36. The molecule has 0 spiro atoms. The lowest BCUT2D eigenvalue weighted by atomic mass is 10.1. The summed E-state index contributed by atoms with van der Waals surface area (Å²) in [4.78, 5) is 27.3. The second-order valence-corrected chi connectivity index (χ2v) is 5.64. The van der Waals surface area contributed by atoms with Crippen LogP contribution < -0.4 is 0 Å². The van der Waals surface area contributed by atoms with Crippen LogP contribution >= 0.6 is 0 Å². The molecule has 0 saturated heterocycles. The molecule has 0 fully saturated rings. The summed E-state index contributed by atoms with van der Waals surface area (Å²) >= 11 is 0. The SMILES string of the molecule is CC(C)N(Cc1ccncc1)C(=O)c1ccc2nccnc2c1. The number of fused-ring (bicyclic) bond motifs is 1. The van der Waals surface area contributed by atoms with Crippen molar-refractivity contribution in [2.45, 2.75) is 26.4 Å². The van der Waals surface area contributed by atoms with Crippen molar-refractivity contribution in [3.8, 4) is 0 Å². The Labute approximate surface area is 135 Å². The zero-order chi connectivity index (χ0) is 16.2. The summed E-state index contributed by atoms with van der Waals surface area (Å²) in [5, 5.41) is 0. The highest BCUT2D eigenvalue weighted by Crippen LogP contribution is 2.16. The second-order valence-electron chi connectivity index (χ2n) is 5.64. The third-order valence-electron chi connectivity index (χ3n) is 3.70. The van der Waals surface area contributed by atoms with Crippen molar-refractivity contribution in [2.24, 2.45) is 0 Å². The molecule has 0 unspecified atom stereocenters. The maximum atomic E-state index is 12.9. The molecule has 2 heterocycles. The summed E-state index contributed by atoms with van der Waals surface area (Å²) in [5.74, 6) is -0.00985. The Hall–Kier alpha value is -2.82. The van der Waals surface area contributed by atoms with Gasteiger partial charge >= 0.3 is 0 Å². The van der Waals surface area contributed by atoms with Crippen LogP contribution in [0.5, 0.6) is 0 Å². The first-order valence-corrected chi connectivity index (χ1v) is 7.56. The molecule has 1 aromatic carbocycles. The highest BCUT2D eigenvalue weighted by Gasteiger charge is 2.19. The Morgan fingerprint density at radius 2 is 1.70 bits per heavy atom. The molecule has 0 aliphatic carbocycles. The van der Waals surface area contributed by atoms with Gasteiger partial charge in [-0.3, -0.25) is 19.7 Å². The molecule has 0 aliphatic rings. The van der Waals surface area contributed by atoms with Gasteiger partial charge in [0.25, 0.3) is 5.91 Å². The highest BCUT2D eigenvalue weighted by atomic mass is 16.2. The first kappa shape index (κ1) is 15.1. The minimum atomic E-state index is -0.00985. The lowest BCUT2D eigenvalue weighted by molar-refractivity contribution is 0.0690. The summed E-state index contributed by atoms with van der Waals surface area (Å²) in [5.41, 5.74) is 3.20. The van der Waals surface area contributed by atoms with E-state index in [2.05, 4.69) is 15.0 Å². The van der Waals surface area contributed by atoms with Crippen molar-refractivity contribution in [2.75, 3.05) is 0 Å². The summed E-state index contributed by atoms with van der Waals surface area (Å²) in [6, 6.07) is 9.38. The Morgan fingerprint density at radius 1 is 1.00 bits per heavy atom. The van der Waals surface area contributed by atoms with E-state index >= 15 is 0 Å². The first-order chi connectivity index (χ1) is 11.1. The topological polar surface area (TPSA) is 59.0 Å². The molecule has 0 saturated carbocycles. The molecule has 116 valence electrons. The summed E-state index contributed by atoms with van der Waals surface area (Å²) in [6.45, 7) is 4.58. The first-order valence-electron chi connectivity index (χ1n) is 7.56. The zero-order valence-electron chi connectivity index (χ0n) is 13.2. The average molecular weight is 306 g/mol. The lowest BCUT2D eigenvalue weighted by Gasteiger charge is -2.27. The number of pyridine rings is 1. The van der Waals surface area contributed by atoms with Gasteiger partial charge in [-0.1, -0.05) is 0 Å². The molecular weight excluding hydrogens is 288 g/mol. The van der Waals surface area contributed by atoms with Crippen LogP contribution in [-0.4, -0.2) is 31.8 Å². The van der Waals surface area contributed by atoms with Crippen LogP contribution in [0.1, 0.15) is 29.8 Å². The number of aromatic nitrogens is 3. The van der Waals surface area contributed by atoms with Crippen LogP contribution in [0.4, 0.5) is 0 Å². The number of rotatable bonds is 4. The number of hydrogen-bond donors (Lipinski definition) is 0. The van der Waals surface area contributed by atoms with E-state index in [0.717, 1.165) is 16.6 Å². The fraction of sp³-hybridized carbons (Fsp3) is 0.222. The minimum absolute atomic E-state index is 0.00985. The van der Waals surface area contributed by atoms with Crippen LogP contribution in [0.25, 0.3) is 11.0 Å². The average Bonchev–Trinajstić information content (AvgIpc) is 2.59. The number of carbonyl (C=O) groups is 1. The highest BCUT2D eigenvalue weighted by molar-refractivity contribution is 5.97. The standard InChI is InChI=1S/C18H18N4O/c1-13(2)22(12-14-5-7-19-8-6-14)18(23)15-3-4-16-17(11-15)21-10-9-20-16/h3-11,13H,12H2,1-2H3. The van der Waals surface area contributed by atoms with E-state index in [1.54, 1.807) is 36.9 Å². The van der Waals surface area contributed by atoms with Crippen molar-refractivity contribution in [1.29, 1.82) is 0 Å². The molecule has 3 rings (SSSR count). The number of amides is 1. The molecule has 23 heavy (non-hydrogen) atoms. The Balaban J connectivity index is 1.90. The van der Waals surface area contributed by atoms with Gasteiger partial charge in [0.15, 0.2) is 0 Å². The van der Waals surface area contributed by atoms with Crippen LogP contribution in [0.2, 0.25) is 0 Å². The molecule has 1 amide bonds. The second kappa shape index (κ2) is 6.52. The smallest absolute Gasteiger partial charge is 0.254 e. The third kappa shape index (κ3) is 3.34. The summed E-state index contributed by atoms with van der Waals surface area (Å²) < 4.78 is 0. The number of hydrogen-bond acceptors (Lipinski definition) is 4. The van der Waals surface area contributed by atoms with Crippen molar-refractivity contribution >= 4 is 16.9 Å². The van der Waals surface area contributed by atoms with Gasteiger partial charge < -0.3 is 4.90 Å².